The Labute approximate surface area is 151 Å². The van der Waals surface area contributed by atoms with Crippen LogP contribution in [0, 0.1) is 5.82 Å². The van der Waals surface area contributed by atoms with Gasteiger partial charge in [0.2, 0.25) is 5.91 Å². The molecular weight excluding hydrogens is 329 g/mol. The van der Waals surface area contributed by atoms with Crippen LogP contribution in [0.25, 0.3) is 11.0 Å². The first-order chi connectivity index (χ1) is 12.5. The van der Waals surface area contributed by atoms with Crippen molar-refractivity contribution in [1.82, 2.24) is 9.55 Å². The molecule has 132 valence electrons. The first kappa shape index (κ1) is 16.5. The molecule has 1 aliphatic heterocycles. The Morgan fingerprint density at radius 2 is 1.96 bits per heavy atom. The van der Waals surface area contributed by atoms with Gasteiger partial charge in [0.1, 0.15) is 11.6 Å². The molecule has 0 N–H and O–H groups in total. The van der Waals surface area contributed by atoms with Crippen LogP contribution >= 0.6 is 0 Å². The number of halogens is 1. The van der Waals surface area contributed by atoms with E-state index in [0.29, 0.717) is 25.2 Å². The predicted molar refractivity (Wildman–Crippen MR) is 101 cm³/mol. The molecule has 1 aromatic heterocycles. The SMILES string of the molecule is C=C(C)Cn1c([C@H]2CC(=O)N(c3ccccc3F)C2)nc2ccccc21. The summed E-state index contributed by atoms with van der Waals surface area (Å²) in [5.74, 6) is 0.334. The number of aromatic nitrogens is 2. The maximum atomic E-state index is 14.1. The average molecular weight is 349 g/mol. The van der Waals surface area contributed by atoms with Gasteiger partial charge in [-0.05, 0) is 31.2 Å². The van der Waals surface area contributed by atoms with Crippen molar-refractivity contribution in [3.63, 3.8) is 0 Å². The van der Waals surface area contributed by atoms with Crippen LogP contribution in [0.3, 0.4) is 0 Å². The van der Waals surface area contributed by atoms with E-state index >= 15 is 0 Å². The molecule has 4 nitrogen and oxygen atoms in total. The molecular formula is C21H20FN3O. The number of hydrogen-bond donors (Lipinski definition) is 0. The fourth-order valence-corrected chi connectivity index (χ4v) is 3.63. The number of para-hydroxylation sites is 3. The first-order valence-corrected chi connectivity index (χ1v) is 8.69. The van der Waals surface area contributed by atoms with Gasteiger partial charge < -0.3 is 9.47 Å². The van der Waals surface area contributed by atoms with Crippen LogP contribution < -0.4 is 4.90 Å². The number of allylic oxidation sites excluding steroid dienone is 1. The zero-order valence-corrected chi connectivity index (χ0v) is 14.7. The molecule has 0 saturated carbocycles. The quantitative estimate of drug-likeness (QED) is 0.660. The molecule has 2 heterocycles. The van der Waals surface area contributed by atoms with Gasteiger partial charge in [0.05, 0.1) is 16.7 Å². The summed E-state index contributed by atoms with van der Waals surface area (Å²) < 4.78 is 16.3. The maximum Gasteiger partial charge on any atom is 0.227 e. The fourth-order valence-electron chi connectivity index (χ4n) is 3.63. The summed E-state index contributed by atoms with van der Waals surface area (Å²) in [6, 6.07) is 14.3. The van der Waals surface area contributed by atoms with Crippen molar-refractivity contribution >= 4 is 22.6 Å². The molecule has 1 atom stereocenters. The molecule has 3 aromatic rings. The third-order valence-electron chi connectivity index (χ3n) is 4.75. The molecule has 1 amide bonds. The lowest BCUT2D eigenvalue weighted by Gasteiger charge is -2.18. The second kappa shape index (κ2) is 6.41. The smallest absolute Gasteiger partial charge is 0.227 e. The predicted octanol–water partition coefficient (Wildman–Crippen LogP) is 4.27. The highest BCUT2D eigenvalue weighted by molar-refractivity contribution is 5.96. The van der Waals surface area contributed by atoms with Crippen LogP contribution in [0.4, 0.5) is 10.1 Å². The molecule has 26 heavy (non-hydrogen) atoms. The van der Waals surface area contributed by atoms with Crippen LogP contribution in [-0.4, -0.2) is 22.0 Å². The monoisotopic (exact) mass is 349 g/mol. The molecule has 0 spiro atoms. The molecule has 1 aliphatic rings. The fraction of sp³-hybridized carbons (Fsp3) is 0.238. The van der Waals surface area contributed by atoms with E-state index < -0.39 is 0 Å². The number of carbonyl (C=O) groups is 1. The molecule has 4 rings (SSSR count). The van der Waals surface area contributed by atoms with Gasteiger partial charge in [-0.15, -0.1) is 0 Å². The summed E-state index contributed by atoms with van der Waals surface area (Å²) in [6.07, 6.45) is 0.327. The van der Waals surface area contributed by atoms with E-state index in [1.165, 1.54) is 11.0 Å². The van der Waals surface area contributed by atoms with Crippen LogP contribution in [0.15, 0.2) is 60.7 Å². The zero-order chi connectivity index (χ0) is 18.3. The highest BCUT2D eigenvalue weighted by Crippen LogP contribution is 2.34. The number of imidazole rings is 1. The molecule has 2 aromatic carbocycles. The van der Waals surface area contributed by atoms with Crippen LogP contribution in [-0.2, 0) is 11.3 Å². The van der Waals surface area contributed by atoms with Crippen molar-refractivity contribution in [3.8, 4) is 0 Å². The number of fused-ring (bicyclic) bond motifs is 1. The van der Waals surface area contributed by atoms with Gasteiger partial charge in [-0.1, -0.05) is 36.4 Å². The van der Waals surface area contributed by atoms with Gasteiger partial charge >= 0.3 is 0 Å². The lowest BCUT2D eigenvalue weighted by molar-refractivity contribution is -0.117. The Kier molecular flexibility index (Phi) is 4.07. The highest BCUT2D eigenvalue weighted by atomic mass is 19.1. The third kappa shape index (κ3) is 2.79. The van der Waals surface area contributed by atoms with Crippen LogP contribution in [0.1, 0.15) is 25.1 Å². The maximum absolute atomic E-state index is 14.1. The minimum Gasteiger partial charge on any atom is -0.324 e. The van der Waals surface area contributed by atoms with Gasteiger partial charge in [0, 0.05) is 25.4 Å². The number of amides is 1. The summed E-state index contributed by atoms with van der Waals surface area (Å²) >= 11 is 0. The highest BCUT2D eigenvalue weighted by Gasteiger charge is 2.35. The van der Waals surface area contributed by atoms with Crippen LogP contribution in [0.2, 0.25) is 0 Å². The molecule has 0 radical (unpaired) electrons. The van der Waals surface area contributed by atoms with E-state index in [1.807, 2.05) is 31.2 Å². The minimum atomic E-state index is -0.378. The van der Waals surface area contributed by atoms with Gasteiger partial charge in [0.25, 0.3) is 0 Å². The van der Waals surface area contributed by atoms with Gasteiger partial charge in [-0.25, -0.2) is 9.37 Å². The second-order valence-electron chi connectivity index (χ2n) is 6.86. The number of anilines is 1. The summed E-state index contributed by atoms with van der Waals surface area (Å²) in [5.41, 5.74) is 3.29. The van der Waals surface area contributed by atoms with E-state index in [4.69, 9.17) is 4.98 Å². The van der Waals surface area contributed by atoms with Crippen molar-refractivity contribution in [1.29, 1.82) is 0 Å². The molecule has 0 unspecified atom stereocenters. The topological polar surface area (TPSA) is 38.1 Å². The average Bonchev–Trinajstić information content (AvgIpc) is 3.16. The van der Waals surface area contributed by atoms with E-state index in [0.717, 1.165) is 22.4 Å². The van der Waals surface area contributed by atoms with Gasteiger partial charge in [-0.2, -0.15) is 0 Å². The summed E-state index contributed by atoms with van der Waals surface area (Å²) in [4.78, 5) is 18.9. The standard InChI is InChI=1S/C21H20FN3O/c1-14(2)12-25-19-10-6-4-8-17(19)23-21(25)15-11-20(26)24(13-15)18-9-5-3-7-16(18)22/h3-10,15H,1,11-13H2,2H3/t15-/m0/s1. The largest absolute Gasteiger partial charge is 0.324 e. The lowest BCUT2D eigenvalue weighted by atomic mass is 10.1. The van der Waals surface area contributed by atoms with E-state index in [1.54, 1.807) is 18.2 Å². The van der Waals surface area contributed by atoms with Crippen molar-refractivity contribution in [2.75, 3.05) is 11.4 Å². The Bertz CT molecular complexity index is 1010. The third-order valence-corrected chi connectivity index (χ3v) is 4.75. The molecule has 1 saturated heterocycles. The van der Waals surface area contributed by atoms with Crippen LogP contribution in [0.5, 0.6) is 0 Å². The molecule has 5 heteroatoms. The molecule has 0 bridgehead atoms. The Morgan fingerprint density at radius 1 is 1.23 bits per heavy atom. The van der Waals surface area contributed by atoms with E-state index in [2.05, 4.69) is 11.1 Å². The van der Waals surface area contributed by atoms with E-state index in [9.17, 15) is 9.18 Å². The number of hydrogen-bond acceptors (Lipinski definition) is 2. The van der Waals surface area contributed by atoms with E-state index in [-0.39, 0.29) is 17.6 Å². The number of carbonyl (C=O) groups excluding carboxylic acids is 1. The normalized spacial score (nSPS) is 17.2. The van der Waals surface area contributed by atoms with Crippen molar-refractivity contribution in [3.05, 3.63) is 72.3 Å². The van der Waals surface area contributed by atoms with Gasteiger partial charge in [-0.3, -0.25) is 4.79 Å². The van der Waals surface area contributed by atoms with Crippen molar-refractivity contribution in [2.24, 2.45) is 0 Å². The van der Waals surface area contributed by atoms with Crippen molar-refractivity contribution < 1.29 is 9.18 Å². The summed E-state index contributed by atoms with van der Waals surface area (Å²) in [7, 11) is 0. The number of benzene rings is 2. The van der Waals surface area contributed by atoms with Crippen molar-refractivity contribution in [2.45, 2.75) is 25.8 Å². The summed E-state index contributed by atoms with van der Waals surface area (Å²) in [6.45, 7) is 7.08. The first-order valence-electron chi connectivity index (χ1n) is 8.69. The second-order valence-corrected chi connectivity index (χ2v) is 6.86. The molecule has 1 fully saturated rings. The number of nitrogens with zero attached hydrogens (tertiary/aromatic N) is 3. The molecule has 0 aliphatic carbocycles. The minimum absolute atomic E-state index is 0.0750. The Morgan fingerprint density at radius 3 is 2.73 bits per heavy atom. The number of rotatable bonds is 4. The Balaban J connectivity index is 1.73. The summed E-state index contributed by atoms with van der Waals surface area (Å²) in [5, 5.41) is 0. The Hall–Kier alpha value is -2.95. The lowest BCUT2D eigenvalue weighted by Crippen LogP contribution is -2.25. The zero-order valence-electron chi connectivity index (χ0n) is 14.7. The van der Waals surface area contributed by atoms with Gasteiger partial charge in [0.15, 0.2) is 0 Å².